The van der Waals surface area contributed by atoms with E-state index in [2.05, 4.69) is 19.9 Å². The molecular weight excluding hydrogens is 352 g/mol. The summed E-state index contributed by atoms with van der Waals surface area (Å²) in [6, 6.07) is 4.20. The van der Waals surface area contributed by atoms with Crippen LogP contribution in [-0.2, 0) is 22.4 Å². The van der Waals surface area contributed by atoms with Crippen LogP contribution in [-0.4, -0.2) is 22.0 Å². The van der Waals surface area contributed by atoms with Crippen molar-refractivity contribution in [3.05, 3.63) is 28.8 Å². The van der Waals surface area contributed by atoms with Gasteiger partial charge in [0.15, 0.2) is 0 Å². The molecular formula is C24H32O4. The van der Waals surface area contributed by atoms with Crippen molar-refractivity contribution in [1.82, 2.24) is 0 Å². The van der Waals surface area contributed by atoms with Crippen LogP contribution in [0.2, 0.25) is 0 Å². The molecule has 0 heterocycles. The molecule has 0 amide bonds. The van der Waals surface area contributed by atoms with Gasteiger partial charge in [-0.25, -0.2) is 0 Å². The van der Waals surface area contributed by atoms with Crippen LogP contribution in [0.3, 0.4) is 0 Å². The van der Waals surface area contributed by atoms with Crippen LogP contribution in [0.5, 0.6) is 5.75 Å². The number of benzene rings is 1. The summed E-state index contributed by atoms with van der Waals surface area (Å²) < 4.78 is 0. The number of phenols is 1. The standard InChI is InChI=1S/C24H32O4/c1-3-14-11-19-15(12-20(14)25)7-8-18-17(19)9-10-24(2)21(26)13-16(23(18)24)5-4-6-22(27)28/h11-12,16-18,23,25H,3-10,13H2,1-2H3,(H,27,28)/t16-,17+,18-,23+,24-/m1/s1. The third-order valence-electron chi connectivity index (χ3n) is 8.11. The number of carbonyl (C=O) groups is 2. The molecule has 4 heteroatoms. The van der Waals surface area contributed by atoms with E-state index >= 15 is 0 Å². The van der Waals surface area contributed by atoms with E-state index in [0.29, 0.717) is 48.0 Å². The molecule has 0 saturated heterocycles. The third-order valence-corrected chi connectivity index (χ3v) is 8.11. The van der Waals surface area contributed by atoms with E-state index in [1.165, 1.54) is 11.1 Å². The Balaban J connectivity index is 1.64. The molecule has 1 aromatic rings. The van der Waals surface area contributed by atoms with E-state index in [0.717, 1.165) is 44.1 Å². The highest BCUT2D eigenvalue weighted by molar-refractivity contribution is 5.87. The molecule has 5 atom stereocenters. The predicted molar refractivity (Wildman–Crippen MR) is 107 cm³/mol. The van der Waals surface area contributed by atoms with Gasteiger partial charge in [0.05, 0.1) is 0 Å². The molecule has 3 aliphatic carbocycles. The van der Waals surface area contributed by atoms with Gasteiger partial charge in [0.2, 0.25) is 0 Å². The third kappa shape index (κ3) is 3.05. The van der Waals surface area contributed by atoms with E-state index < -0.39 is 5.97 Å². The fourth-order valence-corrected chi connectivity index (χ4v) is 6.78. The number of carbonyl (C=O) groups excluding carboxylic acids is 1. The highest BCUT2D eigenvalue weighted by Gasteiger charge is 2.58. The summed E-state index contributed by atoms with van der Waals surface area (Å²) in [4.78, 5) is 23.9. The first-order chi connectivity index (χ1) is 13.3. The fraction of sp³-hybridized carbons (Fsp3) is 0.667. The minimum atomic E-state index is -0.743. The summed E-state index contributed by atoms with van der Waals surface area (Å²) in [7, 11) is 0. The van der Waals surface area contributed by atoms with Crippen molar-refractivity contribution in [1.29, 1.82) is 0 Å². The monoisotopic (exact) mass is 384 g/mol. The second-order valence-corrected chi connectivity index (χ2v) is 9.50. The lowest BCUT2D eigenvalue weighted by Gasteiger charge is -2.50. The van der Waals surface area contributed by atoms with E-state index in [9.17, 15) is 14.7 Å². The Bertz CT molecular complexity index is 798. The number of fused-ring (bicyclic) bond motifs is 5. The summed E-state index contributed by atoms with van der Waals surface area (Å²) >= 11 is 0. The zero-order chi connectivity index (χ0) is 20.1. The number of aliphatic carboxylic acids is 1. The SMILES string of the molecule is CCc1cc2c(cc1O)CC[C@H]1[C@@H]3[C@H](CCCC(=O)O)CC(=O)[C@@]3(C)CC[C@H]21. The number of carboxylic acid groups (broad SMARTS) is 1. The van der Waals surface area contributed by atoms with Crippen molar-refractivity contribution in [2.24, 2.45) is 23.2 Å². The first-order valence-corrected chi connectivity index (χ1v) is 10.9. The normalized spacial score (nSPS) is 33.9. The summed E-state index contributed by atoms with van der Waals surface area (Å²) in [5.74, 6) is 1.76. The number of aryl methyl sites for hydroxylation is 2. The lowest BCUT2D eigenvalue weighted by atomic mass is 9.54. The van der Waals surface area contributed by atoms with Crippen molar-refractivity contribution in [2.45, 2.75) is 77.6 Å². The Hall–Kier alpha value is -1.84. The van der Waals surface area contributed by atoms with E-state index in [-0.39, 0.29) is 11.8 Å². The molecule has 0 radical (unpaired) electrons. The zero-order valence-electron chi connectivity index (χ0n) is 17.0. The molecule has 2 N–H and O–H groups in total. The highest BCUT2D eigenvalue weighted by atomic mass is 16.4. The second-order valence-electron chi connectivity index (χ2n) is 9.50. The number of Topliss-reactive ketones (excluding diaryl/α,β-unsaturated/α-hetero) is 1. The Labute approximate surface area is 167 Å². The number of carboxylic acids is 1. The van der Waals surface area contributed by atoms with Crippen LogP contribution in [0.25, 0.3) is 0 Å². The maximum Gasteiger partial charge on any atom is 0.303 e. The fourth-order valence-electron chi connectivity index (χ4n) is 6.78. The zero-order valence-corrected chi connectivity index (χ0v) is 17.0. The first kappa shape index (κ1) is 19.5. The Morgan fingerprint density at radius 3 is 2.79 bits per heavy atom. The van der Waals surface area contributed by atoms with Crippen molar-refractivity contribution in [2.75, 3.05) is 0 Å². The minimum absolute atomic E-state index is 0.199. The molecule has 152 valence electrons. The van der Waals surface area contributed by atoms with Crippen LogP contribution in [0, 0.1) is 23.2 Å². The highest BCUT2D eigenvalue weighted by Crippen LogP contribution is 2.62. The molecule has 28 heavy (non-hydrogen) atoms. The van der Waals surface area contributed by atoms with Gasteiger partial charge in [0.1, 0.15) is 11.5 Å². The number of hydrogen-bond donors (Lipinski definition) is 2. The molecule has 4 rings (SSSR count). The number of phenolic OH excluding ortho intramolecular Hbond substituents is 1. The van der Waals surface area contributed by atoms with Crippen molar-refractivity contribution < 1.29 is 19.8 Å². The van der Waals surface area contributed by atoms with Gasteiger partial charge in [0, 0.05) is 18.3 Å². The van der Waals surface area contributed by atoms with E-state index in [4.69, 9.17) is 5.11 Å². The number of aromatic hydroxyl groups is 1. The maximum absolute atomic E-state index is 13.0. The number of hydrogen-bond acceptors (Lipinski definition) is 3. The lowest BCUT2D eigenvalue weighted by Crippen LogP contribution is -2.44. The molecule has 0 aromatic heterocycles. The topological polar surface area (TPSA) is 74.6 Å². The largest absolute Gasteiger partial charge is 0.508 e. The van der Waals surface area contributed by atoms with Gasteiger partial charge in [-0.05, 0) is 91.4 Å². The van der Waals surface area contributed by atoms with E-state index in [1.54, 1.807) is 0 Å². The summed E-state index contributed by atoms with van der Waals surface area (Å²) in [5, 5.41) is 19.3. The minimum Gasteiger partial charge on any atom is -0.508 e. The van der Waals surface area contributed by atoms with Gasteiger partial charge in [0.25, 0.3) is 0 Å². The summed E-state index contributed by atoms with van der Waals surface area (Å²) in [6.07, 6.45) is 7.21. The molecule has 2 saturated carbocycles. The number of rotatable bonds is 5. The molecule has 0 bridgehead atoms. The van der Waals surface area contributed by atoms with Crippen LogP contribution < -0.4 is 0 Å². The average Bonchev–Trinajstić information content (AvgIpc) is 2.91. The van der Waals surface area contributed by atoms with Gasteiger partial charge >= 0.3 is 5.97 Å². The molecule has 4 nitrogen and oxygen atoms in total. The van der Waals surface area contributed by atoms with Crippen LogP contribution >= 0.6 is 0 Å². The lowest BCUT2D eigenvalue weighted by molar-refractivity contribution is -0.137. The van der Waals surface area contributed by atoms with Crippen LogP contribution in [0.4, 0.5) is 0 Å². The van der Waals surface area contributed by atoms with Gasteiger partial charge < -0.3 is 10.2 Å². The van der Waals surface area contributed by atoms with Gasteiger partial charge in [-0.1, -0.05) is 19.9 Å². The second kappa shape index (κ2) is 7.20. The first-order valence-electron chi connectivity index (χ1n) is 10.9. The smallest absolute Gasteiger partial charge is 0.303 e. The van der Waals surface area contributed by atoms with Crippen LogP contribution in [0.1, 0.15) is 81.4 Å². The van der Waals surface area contributed by atoms with Gasteiger partial charge in [-0.2, -0.15) is 0 Å². The number of ketones is 1. The summed E-state index contributed by atoms with van der Waals surface area (Å²) in [5.41, 5.74) is 3.48. The molecule has 2 fully saturated rings. The maximum atomic E-state index is 13.0. The molecule has 0 unspecified atom stereocenters. The van der Waals surface area contributed by atoms with Gasteiger partial charge in [-0.15, -0.1) is 0 Å². The van der Waals surface area contributed by atoms with Crippen LogP contribution in [0.15, 0.2) is 12.1 Å². The molecule has 1 aromatic carbocycles. The quantitative estimate of drug-likeness (QED) is 0.760. The Morgan fingerprint density at radius 2 is 2.07 bits per heavy atom. The summed E-state index contributed by atoms with van der Waals surface area (Å²) in [6.45, 7) is 4.26. The van der Waals surface area contributed by atoms with Crippen molar-refractivity contribution in [3.8, 4) is 5.75 Å². The van der Waals surface area contributed by atoms with Gasteiger partial charge in [-0.3, -0.25) is 9.59 Å². The molecule has 3 aliphatic rings. The predicted octanol–water partition coefficient (Wildman–Crippen LogP) is 4.86. The average molecular weight is 385 g/mol. The van der Waals surface area contributed by atoms with Crippen molar-refractivity contribution >= 4 is 11.8 Å². The van der Waals surface area contributed by atoms with Crippen molar-refractivity contribution in [3.63, 3.8) is 0 Å². The molecule has 0 spiro atoms. The Kier molecular flexibility index (Phi) is 5.01. The van der Waals surface area contributed by atoms with E-state index in [1.807, 2.05) is 6.07 Å². The molecule has 0 aliphatic heterocycles. The Morgan fingerprint density at radius 1 is 1.29 bits per heavy atom.